The van der Waals surface area contributed by atoms with Crippen molar-refractivity contribution < 1.29 is 14.0 Å². The molecular weight excluding hydrogens is 407 g/mol. The number of hydrogen-bond acceptors (Lipinski definition) is 4. The van der Waals surface area contributed by atoms with Gasteiger partial charge in [0, 0.05) is 23.6 Å². The van der Waals surface area contributed by atoms with Crippen LogP contribution in [0.4, 0.5) is 10.1 Å². The molecule has 1 aromatic heterocycles. The molecule has 0 spiro atoms. The van der Waals surface area contributed by atoms with Crippen molar-refractivity contribution in [2.45, 2.75) is 6.92 Å². The minimum atomic E-state index is -0.391. The summed E-state index contributed by atoms with van der Waals surface area (Å²) in [7, 11) is 0. The number of hydrazone groups is 1. The number of amides is 2. The predicted octanol–water partition coefficient (Wildman–Crippen LogP) is 4.76. The van der Waals surface area contributed by atoms with E-state index in [1.54, 1.807) is 42.5 Å². The highest BCUT2D eigenvalue weighted by molar-refractivity contribution is 6.07. The maximum Gasteiger partial charge on any atom is 0.272 e. The van der Waals surface area contributed by atoms with Gasteiger partial charge >= 0.3 is 0 Å². The lowest BCUT2D eigenvalue weighted by Gasteiger charge is -2.09. The maximum atomic E-state index is 13.3. The summed E-state index contributed by atoms with van der Waals surface area (Å²) < 4.78 is 13.3. The number of nitrogens with zero attached hydrogens (tertiary/aromatic N) is 2. The summed E-state index contributed by atoms with van der Waals surface area (Å²) >= 11 is 0. The molecule has 0 aliphatic rings. The van der Waals surface area contributed by atoms with Crippen LogP contribution in [-0.2, 0) is 4.79 Å². The van der Waals surface area contributed by atoms with Crippen molar-refractivity contribution in [2.75, 3.05) is 5.32 Å². The highest BCUT2D eigenvalue weighted by Gasteiger charge is 2.13. The molecule has 0 fully saturated rings. The van der Waals surface area contributed by atoms with Gasteiger partial charge in [-0.1, -0.05) is 30.3 Å². The lowest BCUT2D eigenvalue weighted by Crippen LogP contribution is -2.18. The lowest BCUT2D eigenvalue weighted by molar-refractivity contribution is -0.114. The van der Waals surface area contributed by atoms with Gasteiger partial charge in [0.15, 0.2) is 0 Å². The van der Waals surface area contributed by atoms with E-state index in [1.807, 2.05) is 24.3 Å². The highest BCUT2D eigenvalue weighted by atomic mass is 19.1. The van der Waals surface area contributed by atoms with Crippen LogP contribution in [0.2, 0.25) is 0 Å². The molecule has 7 heteroatoms. The van der Waals surface area contributed by atoms with E-state index in [-0.39, 0.29) is 11.7 Å². The molecule has 0 aliphatic heterocycles. The minimum Gasteiger partial charge on any atom is -0.326 e. The number of para-hydroxylation sites is 1. The molecule has 32 heavy (non-hydrogen) atoms. The molecular formula is C25H19FN4O2. The summed E-state index contributed by atoms with van der Waals surface area (Å²) in [5.74, 6) is -0.881. The van der Waals surface area contributed by atoms with Crippen molar-refractivity contribution in [3.05, 3.63) is 95.8 Å². The van der Waals surface area contributed by atoms with Gasteiger partial charge in [0.2, 0.25) is 5.91 Å². The summed E-state index contributed by atoms with van der Waals surface area (Å²) in [6.45, 7) is 1.44. The van der Waals surface area contributed by atoms with E-state index >= 15 is 0 Å². The predicted molar refractivity (Wildman–Crippen MR) is 123 cm³/mol. The first-order chi connectivity index (χ1) is 15.5. The standard InChI is InChI=1S/C25H19FN4O2/c1-16(31)28-20-12-6-17(7-13-20)15-27-30-25(32)22-14-24(18-8-10-19(26)11-9-18)29-23-5-3-2-4-21(22)23/h2-15H,1H3,(H,28,31)(H,30,32). The van der Waals surface area contributed by atoms with Gasteiger partial charge in [-0.2, -0.15) is 5.10 Å². The molecule has 3 aromatic carbocycles. The van der Waals surface area contributed by atoms with Crippen molar-refractivity contribution >= 4 is 34.6 Å². The Kier molecular flexibility index (Phi) is 5.98. The molecule has 0 radical (unpaired) electrons. The molecule has 0 saturated heterocycles. The summed E-state index contributed by atoms with van der Waals surface area (Å²) in [4.78, 5) is 28.6. The number of nitrogens with one attached hydrogen (secondary N) is 2. The van der Waals surface area contributed by atoms with Gasteiger partial charge in [-0.15, -0.1) is 0 Å². The largest absolute Gasteiger partial charge is 0.326 e. The molecule has 2 N–H and O–H groups in total. The smallest absolute Gasteiger partial charge is 0.272 e. The van der Waals surface area contributed by atoms with Crippen LogP contribution in [0.25, 0.3) is 22.2 Å². The third kappa shape index (κ3) is 4.84. The molecule has 4 rings (SSSR count). The van der Waals surface area contributed by atoms with Crippen molar-refractivity contribution in [3.8, 4) is 11.3 Å². The molecule has 4 aromatic rings. The molecule has 0 unspecified atom stereocenters. The summed E-state index contributed by atoms with van der Waals surface area (Å²) in [6, 6.07) is 22.0. The van der Waals surface area contributed by atoms with E-state index in [0.29, 0.717) is 33.4 Å². The number of pyridine rings is 1. The first-order valence-corrected chi connectivity index (χ1v) is 9.86. The second-order valence-electron chi connectivity index (χ2n) is 7.08. The van der Waals surface area contributed by atoms with Gasteiger partial charge in [0.1, 0.15) is 5.82 Å². The Morgan fingerprint density at radius 3 is 2.41 bits per heavy atom. The number of fused-ring (bicyclic) bond motifs is 1. The van der Waals surface area contributed by atoms with Crippen molar-refractivity contribution in [2.24, 2.45) is 5.10 Å². The summed E-state index contributed by atoms with van der Waals surface area (Å²) in [5, 5.41) is 7.42. The Morgan fingerprint density at radius 2 is 1.69 bits per heavy atom. The first kappa shape index (κ1) is 20.9. The highest BCUT2D eigenvalue weighted by Crippen LogP contribution is 2.25. The third-order valence-electron chi connectivity index (χ3n) is 4.71. The Hall–Kier alpha value is -4.39. The van der Waals surface area contributed by atoms with Gasteiger partial charge < -0.3 is 5.32 Å². The minimum absolute atomic E-state index is 0.150. The molecule has 0 bridgehead atoms. The van der Waals surface area contributed by atoms with Crippen LogP contribution in [-0.4, -0.2) is 23.0 Å². The average Bonchev–Trinajstić information content (AvgIpc) is 2.79. The van der Waals surface area contributed by atoms with Gasteiger partial charge in [0.05, 0.1) is 23.0 Å². The average molecular weight is 426 g/mol. The monoisotopic (exact) mass is 426 g/mol. The van der Waals surface area contributed by atoms with Crippen molar-refractivity contribution in [3.63, 3.8) is 0 Å². The number of rotatable bonds is 5. The third-order valence-corrected chi connectivity index (χ3v) is 4.71. The number of anilines is 1. The zero-order valence-electron chi connectivity index (χ0n) is 17.2. The number of carbonyl (C=O) groups is 2. The SMILES string of the molecule is CC(=O)Nc1ccc(C=NNC(=O)c2cc(-c3ccc(F)cc3)nc3ccccc23)cc1. The van der Waals surface area contributed by atoms with E-state index < -0.39 is 5.91 Å². The van der Waals surface area contributed by atoms with Gasteiger partial charge in [-0.3, -0.25) is 9.59 Å². The Morgan fingerprint density at radius 1 is 0.969 bits per heavy atom. The van der Waals surface area contributed by atoms with Crippen LogP contribution in [0, 0.1) is 5.82 Å². The molecule has 158 valence electrons. The normalized spacial score (nSPS) is 10.9. The number of aromatic nitrogens is 1. The second kappa shape index (κ2) is 9.18. The lowest BCUT2D eigenvalue weighted by atomic mass is 10.0. The Bertz CT molecular complexity index is 1320. The van der Waals surface area contributed by atoms with Gasteiger partial charge in [-0.25, -0.2) is 14.8 Å². The van der Waals surface area contributed by atoms with Crippen molar-refractivity contribution in [1.82, 2.24) is 10.4 Å². The topological polar surface area (TPSA) is 83.5 Å². The van der Waals surface area contributed by atoms with Crippen LogP contribution >= 0.6 is 0 Å². The quantitative estimate of drug-likeness (QED) is 0.356. The fourth-order valence-corrected chi connectivity index (χ4v) is 3.21. The Balaban J connectivity index is 1.58. The van der Waals surface area contributed by atoms with Crippen LogP contribution < -0.4 is 10.7 Å². The molecule has 0 aliphatic carbocycles. The van der Waals surface area contributed by atoms with E-state index in [9.17, 15) is 14.0 Å². The fourth-order valence-electron chi connectivity index (χ4n) is 3.21. The van der Waals surface area contributed by atoms with Crippen LogP contribution in [0.3, 0.4) is 0 Å². The number of hydrogen-bond donors (Lipinski definition) is 2. The molecule has 2 amide bonds. The van der Waals surface area contributed by atoms with Crippen LogP contribution in [0.1, 0.15) is 22.8 Å². The number of benzene rings is 3. The molecule has 0 saturated carbocycles. The van der Waals surface area contributed by atoms with E-state index in [4.69, 9.17) is 0 Å². The van der Waals surface area contributed by atoms with Crippen molar-refractivity contribution in [1.29, 1.82) is 0 Å². The fraction of sp³-hybridized carbons (Fsp3) is 0.0400. The molecule has 1 heterocycles. The summed E-state index contributed by atoms with van der Waals surface area (Å²) in [5.41, 5.74) is 6.30. The van der Waals surface area contributed by atoms with Crippen LogP contribution in [0.15, 0.2) is 84.0 Å². The van der Waals surface area contributed by atoms with Gasteiger partial charge in [0.25, 0.3) is 5.91 Å². The van der Waals surface area contributed by atoms with E-state index in [1.165, 1.54) is 25.3 Å². The zero-order valence-corrected chi connectivity index (χ0v) is 17.2. The van der Waals surface area contributed by atoms with E-state index in [2.05, 4.69) is 20.8 Å². The second-order valence-corrected chi connectivity index (χ2v) is 7.08. The maximum absolute atomic E-state index is 13.3. The molecule has 6 nitrogen and oxygen atoms in total. The Labute approximate surface area is 183 Å². The number of halogens is 1. The number of carbonyl (C=O) groups excluding carboxylic acids is 2. The zero-order chi connectivity index (χ0) is 22.5. The first-order valence-electron chi connectivity index (χ1n) is 9.86. The van der Waals surface area contributed by atoms with Gasteiger partial charge in [-0.05, 0) is 54.1 Å². The summed E-state index contributed by atoms with van der Waals surface area (Å²) in [6.07, 6.45) is 1.51. The molecule has 0 atom stereocenters. The van der Waals surface area contributed by atoms with Crippen LogP contribution in [0.5, 0.6) is 0 Å². The van der Waals surface area contributed by atoms with E-state index in [0.717, 1.165) is 5.56 Å².